The zero-order valence-corrected chi connectivity index (χ0v) is 19.3. The Hall–Kier alpha value is -3.19. The number of amides is 1. The first-order valence-electron chi connectivity index (χ1n) is 10.8. The van der Waals surface area contributed by atoms with Crippen molar-refractivity contribution in [3.8, 4) is 5.75 Å². The predicted molar refractivity (Wildman–Crippen MR) is 123 cm³/mol. The van der Waals surface area contributed by atoms with E-state index < -0.39 is 17.7 Å². The molecule has 7 heteroatoms. The topological polar surface area (TPSA) is 83.0 Å². The summed E-state index contributed by atoms with van der Waals surface area (Å²) in [5.74, 6) is -0.353. The molecule has 1 atom stereocenters. The SMILES string of the molecule is Cc1cc(/C(O)=C2\C(=O)C(=O)N(CCN(C)C)[C@@H]2c2ccncc2)ccc1OCC(C)C. The van der Waals surface area contributed by atoms with Gasteiger partial charge in [0.1, 0.15) is 11.5 Å². The van der Waals surface area contributed by atoms with Crippen molar-refractivity contribution in [3.63, 3.8) is 0 Å². The van der Waals surface area contributed by atoms with E-state index in [4.69, 9.17) is 4.74 Å². The van der Waals surface area contributed by atoms with Gasteiger partial charge in [0.2, 0.25) is 0 Å². The summed E-state index contributed by atoms with van der Waals surface area (Å²) >= 11 is 0. The smallest absolute Gasteiger partial charge is 0.295 e. The van der Waals surface area contributed by atoms with Crippen molar-refractivity contribution < 1.29 is 19.4 Å². The third kappa shape index (κ3) is 4.99. The zero-order valence-electron chi connectivity index (χ0n) is 19.3. The first-order chi connectivity index (χ1) is 15.2. The van der Waals surface area contributed by atoms with Crippen molar-refractivity contribution in [1.82, 2.24) is 14.8 Å². The molecule has 0 aliphatic carbocycles. The van der Waals surface area contributed by atoms with E-state index in [1.54, 1.807) is 42.7 Å². The second kappa shape index (κ2) is 9.96. The van der Waals surface area contributed by atoms with Crippen molar-refractivity contribution in [1.29, 1.82) is 0 Å². The van der Waals surface area contributed by atoms with E-state index >= 15 is 0 Å². The molecule has 0 spiro atoms. The van der Waals surface area contributed by atoms with Gasteiger partial charge in [0, 0.05) is 31.0 Å². The van der Waals surface area contributed by atoms with Gasteiger partial charge in [-0.15, -0.1) is 0 Å². The lowest BCUT2D eigenvalue weighted by Crippen LogP contribution is -2.35. The standard InChI is InChI=1S/C25H31N3O4/c1-16(2)15-32-20-7-6-19(14-17(20)3)23(29)21-22(18-8-10-26-11-9-18)28(13-12-27(4)5)25(31)24(21)30/h6-11,14,16,22,29H,12-13,15H2,1-5H3/b23-21+/t22-/m1/s1. The largest absolute Gasteiger partial charge is 0.507 e. The number of Topliss-reactive ketones (excluding diaryl/α,β-unsaturated/α-hetero) is 1. The molecule has 1 aromatic heterocycles. The summed E-state index contributed by atoms with van der Waals surface area (Å²) in [4.78, 5) is 33.4. The van der Waals surface area contributed by atoms with Crippen molar-refractivity contribution in [2.75, 3.05) is 33.8 Å². The van der Waals surface area contributed by atoms with Crippen LogP contribution in [0.4, 0.5) is 0 Å². The normalized spacial score (nSPS) is 18.1. The quantitative estimate of drug-likeness (QED) is 0.387. The molecular weight excluding hydrogens is 406 g/mol. The lowest BCUT2D eigenvalue weighted by molar-refractivity contribution is -0.140. The maximum Gasteiger partial charge on any atom is 0.295 e. The van der Waals surface area contributed by atoms with Gasteiger partial charge in [-0.05, 0) is 68.4 Å². The molecule has 1 N–H and O–H groups in total. The molecule has 1 aliphatic rings. The molecule has 1 saturated heterocycles. The van der Waals surface area contributed by atoms with Crippen LogP contribution in [0, 0.1) is 12.8 Å². The fourth-order valence-electron chi connectivity index (χ4n) is 3.68. The molecule has 3 rings (SSSR count). The van der Waals surface area contributed by atoms with Crippen LogP contribution >= 0.6 is 0 Å². The molecule has 2 aromatic rings. The minimum absolute atomic E-state index is 0.0928. The van der Waals surface area contributed by atoms with Crippen LogP contribution in [0.25, 0.3) is 5.76 Å². The Morgan fingerprint density at radius 2 is 1.88 bits per heavy atom. The molecule has 1 aromatic carbocycles. The van der Waals surface area contributed by atoms with Gasteiger partial charge in [-0.1, -0.05) is 13.8 Å². The summed E-state index contributed by atoms with van der Waals surface area (Å²) in [6.07, 6.45) is 3.23. The molecule has 1 aliphatic heterocycles. The van der Waals surface area contributed by atoms with Crippen molar-refractivity contribution in [2.24, 2.45) is 5.92 Å². The van der Waals surface area contributed by atoms with E-state index in [2.05, 4.69) is 18.8 Å². The van der Waals surface area contributed by atoms with E-state index in [1.165, 1.54) is 4.90 Å². The first kappa shape index (κ1) is 23.5. The summed E-state index contributed by atoms with van der Waals surface area (Å²) < 4.78 is 5.82. The molecule has 2 heterocycles. The maximum absolute atomic E-state index is 13.0. The van der Waals surface area contributed by atoms with Crippen molar-refractivity contribution in [3.05, 3.63) is 65.0 Å². The highest BCUT2D eigenvalue weighted by atomic mass is 16.5. The molecule has 32 heavy (non-hydrogen) atoms. The van der Waals surface area contributed by atoms with Gasteiger partial charge >= 0.3 is 0 Å². The van der Waals surface area contributed by atoms with Gasteiger partial charge in [0.25, 0.3) is 11.7 Å². The van der Waals surface area contributed by atoms with Gasteiger partial charge < -0.3 is 19.6 Å². The Kier molecular flexibility index (Phi) is 7.30. The highest BCUT2D eigenvalue weighted by molar-refractivity contribution is 6.46. The lowest BCUT2D eigenvalue weighted by atomic mass is 9.95. The van der Waals surface area contributed by atoms with Crippen LogP contribution in [0.1, 0.15) is 36.6 Å². The molecule has 0 saturated carbocycles. The number of benzene rings is 1. The molecular formula is C25H31N3O4. The average molecular weight is 438 g/mol. The number of ketones is 1. The number of likely N-dealkylation sites (N-methyl/N-ethyl adjacent to an activating group) is 1. The maximum atomic E-state index is 13.0. The molecule has 1 fully saturated rings. The number of pyridine rings is 1. The number of hydrogen-bond donors (Lipinski definition) is 1. The van der Waals surface area contributed by atoms with Gasteiger partial charge in [0.05, 0.1) is 18.2 Å². The van der Waals surface area contributed by atoms with E-state index in [-0.39, 0.29) is 11.3 Å². The Morgan fingerprint density at radius 3 is 2.47 bits per heavy atom. The van der Waals surface area contributed by atoms with Crippen LogP contribution in [0.2, 0.25) is 0 Å². The molecule has 0 radical (unpaired) electrons. The number of aliphatic hydroxyl groups excluding tert-OH is 1. The van der Waals surface area contributed by atoms with Crippen LogP contribution in [0.15, 0.2) is 48.3 Å². The number of nitrogens with zero attached hydrogens (tertiary/aromatic N) is 3. The fraction of sp³-hybridized carbons (Fsp3) is 0.400. The van der Waals surface area contributed by atoms with Gasteiger partial charge in [-0.25, -0.2) is 0 Å². The number of aliphatic hydroxyl groups is 1. The predicted octanol–water partition coefficient (Wildman–Crippen LogP) is 3.41. The summed E-state index contributed by atoms with van der Waals surface area (Å²) in [6.45, 7) is 7.58. The highest BCUT2D eigenvalue weighted by Crippen LogP contribution is 2.39. The summed E-state index contributed by atoms with van der Waals surface area (Å²) in [7, 11) is 3.81. The number of ether oxygens (including phenoxy) is 1. The van der Waals surface area contributed by atoms with E-state index in [0.717, 1.165) is 16.9 Å². The highest BCUT2D eigenvalue weighted by Gasteiger charge is 2.45. The summed E-state index contributed by atoms with van der Waals surface area (Å²) in [5, 5.41) is 11.2. The Morgan fingerprint density at radius 1 is 1.19 bits per heavy atom. The van der Waals surface area contributed by atoms with Crippen LogP contribution in [0.5, 0.6) is 5.75 Å². The molecule has 7 nitrogen and oxygen atoms in total. The lowest BCUT2D eigenvalue weighted by Gasteiger charge is -2.26. The van der Waals surface area contributed by atoms with Crippen LogP contribution in [0.3, 0.4) is 0 Å². The number of hydrogen-bond acceptors (Lipinski definition) is 6. The minimum atomic E-state index is -0.680. The number of carbonyl (C=O) groups excluding carboxylic acids is 2. The number of carbonyl (C=O) groups is 2. The second-order valence-electron chi connectivity index (χ2n) is 8.76. The van der Waals surface area contributed by atoms with E-state index in [9.17, 15) is 14.7 Å². The van der Waals surface area contributed by atoms with Crippen LogP contribution in [-0.2, 0) is 9.59 Å². The molecule has 1 amide bonds. The molecule has 0 bridgehead atoms. The third-order valence-corrected chi connectivity index (χ3v) is 5.37. The fourth-order valence-corrected chi connectivity index (χ4v) is 3.68. The monoisotopic (exact) mass is 437 g/mol. The number of likely N-dealkylation sites (tertiary alicyclic amines) is 1. The summed E-state index contributed by atoms with van der Waals surface area (Å²) in [5.41, 5.74) is 2.14. The first-order valence-corrected chi connectivity index (χ1v) is 10.8. The van der Waals surface area contributed by atoms with Crippen molar-refractivity contribution >= 4 is 17.4 Å². The minimum Gasteiger partial charge on any atom is -0.507 e. The Balaban J connectivity index is 2.05. The van der Waals surface area contributed by atoms with Gasteiger partial charge in [-0.2, -0.15) is 0 Å². The van der Waals surface area contributed by atoms with Gasteiger partial charge in [0.15, 0.2) is 0 Å². The number of aromatic nitrogens is 1. The van der Waals surface area contributed by atoms with Gasteiger partial charge in [-0.3, -0.25) is 14.6 Å². The van der Waals surface area contributed by atoms with Crippen molar-refractivity contribution in [2.45, 2.75) is 26.8 Å². The number of aryl methyl sites for hydroxylation is 1. The average Bonchev–Trinajstić information content (AvgIpc) is 3.01. The second-order valence-corrected chi connectivity index (χ2v) is 8.76. The molecule has 0 unspecified atom stereocenters. The Bertz CT molecular complexity index is 1020. The van der Waals surface area contributed by atoms with Crippen LogP contribution < -0.4 is 4.74 Å². The zero-order chi connectivity index (χ0) is 23.4. The van der Waals surface area contributed by atoms with E-state index in [0.29, 0.717) is 31.2 Å². The number of rotatable bonds is 8. The molecule has 170 valence electrons. The Labute approximate surface area is 189 Å². The van der Waals surface area contributed by atoms with Crippen LogP contribution in [-0.4, -0.2) is 65.4 Å². The van der Waals surface area contributed by atoms with E-state index in [1.807, 2.05) is 25.9 Å². The summed E-state index contributed by atoms with van der Waals surface area (Å²) in [6, 6.07) is 8.14. The third-order valence-electron chi connectivity index (χ3n) is 5.37.